The maximum Gasteiger partial charge on any atom is 0.251 e. The Hall–Kier alpha value is -1.53. The van der Waals surface area contributed by atoms with Crippen LogP contribution in [0.25, 0.3) is 0 Å². The van der Waals surface area contributed by atoms with Crippen LogP contribution < -0.4 is 10.9 Å². The molecule has 0 aromatic carbocycles. The van der Waals surface area contributed by atoms with Gasteiger partial charge in [0.1, 0.15) is 11.5 Å². The van der Waals surface area contributed by atoms with Gasteiger partial charge in [-0.15, -0.1) is 0 Å². The number of aromatic amines is 1. The third-order valence-corrected chi connectivity index (χ3v) is 3.79. The predicted molar refractivity (Wildman–Crippen MR) is 84.5 cm³/mol. The van der Waals surface area contributed by atoms with Crippen molar-refractivity contribution in [3.05, 3.63) is 45.8 Å². The topological polar surface area (TPSA) is 70.9 Å². The number of aromatic nitrogens is 2. The van der Waals surface area contributed by atoms with Crippen LogP contribution in [-0.2, 0) is 18.7 Å². The maximum atomic E-state index is 11.6. The quantitative estimate of drug-likeness (QED) is 0.579. The van der Waals surface area contributed by atoms with E-state index in [1.54, 1.807) is 6.07 Å². The molecule has 2 rings (SSSR count). The molecule has 21 heavy (non-hydrogen) atoms. The van der Waals surface area contributed by atoms with E-state index >= 15 is 0 Å². The van der Waals surface area contributed by atoms with Gasteiger partial charge in [0.15, 0.2) is 5.16 Å². The summed E-state index contributed by atoms with van der Waals surface area (Å²) in [7, 11) is 0. The summed E-state index contributed by atoms with van der Waals surface area (Å²) in [6.07, 6.45) is 1.80. The van der Waals surface area contributed by atoms with Crippen LogP contribution in [0, 0.1) is 0 Å². The first-order valence-electron chi connectivity index (χ1n) is 7.22. The van der Waals surface area contributed by atoms with E-state index in [1.807, 2.05) is 12.1 Å². The highest BCUT2D eigenvalue weighted by molar-refractivity contribution is 7.98. The van der Waals surface area contributed by atoms with E-state index in [-0.39, 0.29) is 5.56 Å². The molecule has 0 radical (unpaired) electrons. The molecule has 5 nitrogen and oxygen atoms in total. The highest BCUT2D eigenvalue weighted by Crippen LogP contribution is 2.20. The molecule has 0 saturated carbocycles. The van der Waals surface area contributed by atoms with E-state index in [9.17, 15) is 4.79 Å². The minimum Gasteiger partial charge on any atom is -0.464 e. The van der Waals surface area contributed by atoms with Crippen LogP contribution in [0.15, 0.2) is 32.6 Å². The molecule has 0 aliphatic rings. The van der Waals surface area contributed by atoms with Crippen LogP contribution in [0.4, 0.5) is 0 Å². The van der Waals surface area contributed by atoms with E-state index in [0.29, 0.717) is 10.9 Å². The van der Waals surface area contributed by atoms with Crippen molar-refractivity contribution in [2.75, 3.05) is 6.54 Å². The van der Waals surface area contributed by atoms with Gasteiger partial charge in [0.2, 0.25) is 0 Å². The molecule has 0 fully saturated rings. The van der Waals surface area contributed by atoms with Gasteiger partial charge in [0, 0.05) is 11.8 Å². The van der Waals surface area contributed by atoms with Crippen molar-refractivity contribution in [3.8, 4) is 0 Å². The Balaban J connectivity index is 1.96. The average molecular weight is 307 g/mol. The van der Waals surface area contributed by atoms with Gasteiger partial charge < -0.3 is 14.7 Å². The van der Waals surface area contributed by atoms with Gasteiger partial charge in [-0.25, -0.2) is 4.98 Å². The Kier molecular flexibility index (Phi) is 6.07. The van der Waals surface area contributed by atoms with Gasteiger partial charge in [-0.1, -0.05) is 32.0 Å². The molecule has 0 unspecified atom stereocenters. The zero-order chi connectivity index (χ0) is 15.1. The molecular formula is C15H21N3O2S. The lowest BCUT2D eigenvalue weighted by Gasteiger charge is -2.02. The molecule has 0 aliphatic heterocycles. The van der Waals surface area contributed by atoms with Crippen LogP contribution in [0.1, 0.15) is 37.5 Å². The van der Waals surface area contributed by atoms with Crippen LogP contribution in [0.2, 0.25) is 0 Å². The standard InChI is InChI=1S/C15H21N3O2S/c1-3-5-11-8-14(19)18-15(17-11)21-10-13-7-6-12(20-13)9-16-4-2/h6-8,16H,3-5,9-10H2,1-2H3,(H,17,18,19). The third-order valence-electron chi connectivity index (χ3n) is 2.90. The summed E-state index contributed by atoms with van der Waals surface area (Å²) in [4.78, 5) is 18.8. The van der Waals surface area contributed by atoms with Crippen LogP contribution in [0.5, 0.6) is 0 Å². The second kappa shape index (κ2) is 8.05. The second-order valence-corrected chi connectivity index (χ2v) is 5.69. The Bertz CT molecular complexity index is 621. The number of nitrogens with one attached hydrogen (secondary N) is 2. The minimum atomic E-state index is -0.0942. The van der Waals surface area contributed by atoms with Gasteiger partial charge in [0.05, 0.1) is 12.3 Å². The van der Waals surface area contributed by atoms with Gasteiger partial charge in [-0.2, -0.15) is 0 Å². The average Bonchev–Trinajstić information content (AvgIpc) is 2.91. The summed E-state index contributed by atoms with van der Waals surface area (Å²) >= 11 is 1.48. The van der Waals surface area contributed by atoms with Gasteiger partial charge in [0.25, 0.3) is 5.56 Å². The first-order chi connectivity index (χ1) is 10.2. The number of furan rings is 1. The summed E-state index contributed by atoms with van der Waals surface area (Å²) in [5.41, 5.74) is 0.749. The monoisotopic (exact) mass is 307 g/mol. The number of hydrogen-bond donors (Lipinski definition) is 2. The van der Waals surface area contributed by atoms with Gasteiger partial charge >= 0.3 is 0 Å². The van der Waals surface area contributed by atoms with Crippen molar-refractivity contribution in [1.82, 2.24) is 15.3 Å². The highest BCUT2D eigenvalue weighted by atomic mass is 32.2. The Morgan fingerprint density at radius 2 is 2.14 bits per heavy atom. The Morgan fingerprint density at radius 3 is 2.90 bits per heavy atom. The molecule has 0 bridgehead atoms. The van der Waals surface area contributed by atoms with Crippen molar-refractivity contribution in [2.45, 2.75) is 44.1 Å². The molecule has 2 N–H and O–H groups in total. The molecule has 2 aromatic rings. The third kappa shape index (κ3) is 5.06. The lowest BCUT2D eigenvalue weighted by atomic mass is 10.2. The van der Waals surface area contributed by atoms with Crippen LogP contribution in [0.3, 0.4) is 0 Å². The van der Waals surface area contributed by atoms with Crippen LogP contribution in [-0.4, -0.2) is 16.5 Å². The first kappa shape index (κ1) is 15.9. The molecule has 0 amide bonds. The fraction of sp³-hybridized carbons (Fsp3) is 0.467. The van der Waals surface area contributed by atoms with E-state index in [2.05, 4.69) is 29.1 Å². The molecule has 2 aromatic heterocycles. The summed E-state index contributed by atoms with van der Waals surface area (Å²) in [6, 6.07) is 5.50. The van der Waals surface area contributed by atoms with Crippen molar-refractivity contribution >= 4 is 11.8 Å². The number of H-pyrrole nitrogens is 1. The van der Waals surface area contributed by atoms with E-state index in [0.717, 1.165) is 43.1 Å². The van der Waals surface area contributed by atoms with Gasteiger partial charge in [-0.3, -0.25) is 4.79 Å². The van der Waals surface area contributed by atoms with Gasteiger partial charge in [-0.05, 0) is 25.1 Å². The molecular weight excluding hydrogens is 286 g/mol. The molecule has 0 saturated heterocycles. The highest BCUT2D eigenvalue weighted by Gasteiger charge is 2.06. The second-order valence-electron chi connectivity index (χ2n) is 4.73. The number of thioether (sulfide) groups is 1. The lowest BCUT2D eigenvalue weighted by molar-refractivity contribution is 0.462. The fourth-order valence-electron chi connectivity index (χ4n) is 1.92. The molecule has 6 heteroatoms. The number of rotatable bonds is 8. The van der Waals surface area contributed by atoms with Crippen molar-refractivity contribution in [1.29, 1.82) is 0 Å². The SMILES string of the molecule is CCCc1cc(=O)[nH]c(SCc2ccc(CNCC)o2)n1. The van der Waals surface area contributed by atoms with E-state index < -0.39 is 0 Å². The number of hydrogen-bond acceptors (Lipinski definition) is 5. The number of aryl methyl sites for hydroxylation is 1. The summed E-state index contributed by atoms with van der Waals surface area (Å²) in [5.74, 6) is 2.47. The fourth-order valence-corrected chi connectivity index (χ4v) is 2.71. The largest absolute Gasteiger partial charge is 0.464 e. The molecule has 0 spiro atoms. The summed E-state index contributed by atoms with van der Waals surface area (Å²) in [6.45, 7) is 5.79. The van der Waals surface area contributed by atoms with Crippen molar-refractivity contribution < 1.29 is 4.42 Å². The molecule has 0 atom stereocenters. The zero-order valence-corrected chi connectivity index (χ0v) is 13.3. The Morgan fingerprint density at radius 1 is 1.33 bits per heavy atom. The predicted octanol–water partition coefficient (Wildman–Crippen LogP) is 2.72. The van der Waals surface area contributed by atoms with E-state index in [4.69, 9.17) is 4.42 Å². The normalized spacial score (nSPS) is 11.0. The number of nitrogens with zero attached hydrogens (tertiary/aromatic N) is 1. The molecule has 114 valence electrons. The summed E-state index contributed by atoms with van der Waals surface area (Å²) < 4.78 is 5.71. The molecule has 0 aliphatic carbocycles. The summed E-state index contributed by atoms with van der Waals surface area (Å²) in [5, 5.41) is 3.87. The Labute approximate surface area is 128 Å². The zero-order valence-electron chi connectivity index (χ0n) is 12.4. The minimum absolute atomic E-state index is 0.0942. The molecule has 2 heterocycles. The van der Waals surface area contributed by atoms with Crippen molar-refractivity contribution in [2.24, 2.45) is 0 Å². The first-order valence-corrected chi connectivity index (χ1v) is 8.21. The lowest BCUT2D eigenvalue weighted by Crippen LogP contribution is -2.10. The smallest absolute Gasteiger partial charge is 0.251 e. The van der Waals surface area contributed by atoms with Crippen LogP contribution >= 0.6 is 11.8 Å². The van der Waals surface area contributed by atoms with Crippen molar-refractivity contribution in [3.63, 3.8) is 0 Å². The maximum absolute atomic E-state index is 11.6. The van der Waals surface area contributed by atoms with E-state index in [1.165, 1.54) is 11.8 Å².